The van der Waals surface area contributed by atoms with Crippen LogP contribution in [0.1, 0.15) is 20.8 Å². The van der Waals surface area contributed by atoms with Crippen molar-refractivity contribution in [2.24, 2.45) is 5.73 Å². The third kappa shape index (κ3) is 15.9. The van der Waals surface area contributed by atoms with Gasteiger partial charge in [0.25, 0.3) is 0 Å². The Morgan fingerprint density at radius 3 is 2.08 bits per heavy atom. The van der Waals surface area contributed by atoms with Gasteiger partial charge in [0.05, 0.1) is 13.2 Å². The zero-order valence-corrected chi connectivity index (χ0v) is 16.0. The van der Waals surface area contributed by atoms with Crippen molar-refractivity contribution in [3.05, 3.63) is 12.2 Å². The quantitative estimate of drug-likeness (QED) is 0.223. The SMILES string of the molecule is CCOC(=O)[C@H](C)NP(=O)(OCC)SCCN.O=C(O)/C=C/C(=O)O. The monoisotopic (exact) mass is 400 g/mol. The molecular formula is C13H25N2O8PS. The number of carbonyl (C=O) groups excluding carboxylic acids is 1. The maximum Gasteiger partial charge on any atom is 0.328 e. The van der Waals surface area contributed by atoms with Crippen LogP contribution >= 0.6 is 18.1 Å². The van der Waals surface area contributed by atoms with Gasteiger partial charge < -0.3 is 25.2 Å². The highest BCUT2D eigenvalue weighted by Crippen LogP contribution is 2.55. The molecule has 0 aliphatic carbocycles. The average molecular weight is 400 g/mol. The molecule has 0 aromatic rings. The summed E-state index contributed by atoms with van der Waals surface area (Å²) < 4.78 is 22.3. The molecule has 0 fully saturated rings. The van der Waals surface area contributed by atoms with Gasteiger partial charge in [0, 0.05) is 24.4 Å². The van der Waals surface area contributed by atoms with E-state index in [2.05, 4.69) is 5.09 Å². The van der Waals surface area contributed by atoms with E-state index < -0.39 is 30.7 Å². The van der Waals surface area contributed by atoms with Crippen molar-refractivity contribution in [2.75, 3.05) is 25.5 Å². The number of carboxylic acids is 2. The van der Waals surface area contributed by atoms with E-state index in [0.717, 1.165) is 11.4 Å². The molecule has 25 heavy (non-hydrogen) atoms. The van der Waals surface area contributed by atoms with Crippen molar-refractivity contribution in [2.45, 2.75) is 26.8 Å². The third-order valence-corrected chi connectivity index (χ3v) is 6.30. The molecule has 0 radical (unpaired) electrons. The first-order valence-corrected chi connectivity index (χ1v) is 10.5. The summed E-state index contributed by atoms with van der Waals surface area (Å²) in [7, 11) is 0. The highest BCUT2D eigenvalue weighted by molar-refractivity contribution is 8.56. The molecule has 0 aliphatic heterocycles. The van der Waals surface area contributed by atoms with Crippen molar-refractivity contribution in [1.29, 1.82) is 0 Å². The molecule has 0 saturated heterocycles. The van der Waals surface area contributed by atoms with Gasteiger partial charge in [0.1, 0.15) is 6.04 Å². The normalized spacial score (nSPS) is 14.1. The first-order chi connectivity index (χ1) is 11.6. The molecular weight excluding hydrogens is 375 g/mol. The van der Waals surface area contributed by atoms with Gasteiger partial charge in [-0.05, 0) is 20.8 Å². The number of rotatable bonds is 11. The number of aliphatic carboxylic acids is 2. The Bertz CT molecular complexity index is 484. The lowest BCUT2D eigenvalue weighted by Gasteiger charge is -2.21. The van der Waals surface area contributed by atoms with Gasteiger partial charge in [-0.1, -0.05) is 11.4 Å². The molecule has 0 aromatic carbocycles. The van der Waals surface area contributed by atoms with Crippen LogP contribution in [0.15, 0.2) is 12.2 Å². The Morgan fingerprint density at radius 1 is 1.20 bits per heavy atom. The van der Waals surface area contributed by atoms with Gasteiger partial charge in [0.15, 0.2) is 0 Å². The van der Waals surface area contributed by atoms with Crippen molar-refractivity contribution in [3.8, 4) is 0 Å². The number of carboxylic acid groups (broad SMARTS) is 2. The molecule has 0 spiro atoms. The number of nitrogens with one attached hydrogen (secondary N) is 1. The summed E-state index contributed by atoms with van der Waals surface area (Å²) >= 11 is 1.10. The largest absolute Gasteiger partial charge is 0.478 e. The number of ether oxygens (including phenoxy) is 1. The van der Waals surface area contributed by atoms with Crippen LogP contribution in [-0.2, 0) is 28.2 Å². The summed E-state index contributed by atoms with van der Waals surface area (Å²) in [4.78, 5) is 30.5. The Balaban J connectivity index is 0. The number of esters is 1. The minimum absolute atomic E-state index is 0.291. The summed E-state index contributed by atoms with van der Waals surface area (Å²) in [5, 5.41) is 18.3. The number of carbonyl (C=O) groups is 3. The van der Waals surface area contributed by atoms with Crippen molar-refractivity contribution < 1.29 is 38.4 Å². The zero-order chi connectivity index (χ0) is 19.9. The Hall–Kier alpha value is -1.39. The standard InChI is InChI=1S/C9H21N2O4PS.C4H4O4/c1-4-14-9(12)8(3)11-16(13,15-5-2)17-7-6-10;5-3(6)1-2-4(7)8/h8H,4-7,10H2,1-3H3,(H,11,13);1-2H,(H,5,6)(H,7,8)/b;2-1+/t8-,16?;/m0./s1. The summed E-state index contributed by atoms with van der Waals surface area (Å²) in [5.74, 6) is -2.46. The third-order valence-electron chi connectivity index (χ3n) is 2.04. The zero-order valence-electron chi connectivity index (χ0n) is 14.3. The molecule has 0 bridgehead atoms. The second-order valence-electron chi connectivity index (χ2n) is 4.15. The summed E-state index contributed by atoms with van der Waals surface area (Å²) in [5.41, 5.74) is 5.35. The molecule has 0 amide bonds. The highest BCUT2D eigenvalue weighted by atomic mass is 32.7. The van der Waals surface area contributed by atoms with Crippen molar-refractivity contribution in [3.63, 3.8) is 0 Å². The van der Waals surface area contributed by atoms with E-state index in [9.17, 15) is 18.9 Å². The summed E-state index contributed by atoms with van der Waals surface area (Å²) in [6, 6.07) is -0.669. The van der Waals surface area contributed by atoms with Crippen LogP contribution in [-0.4, -0.2) is 59.7 Å². The minimum atomic E-state index is -3.08. The van der Waals surface area contributed by atoms with E-state index in [1.807, 2.05) is 0 Å². The molecule has 146 valence electrons. The van der Waals surface area contributed by atoms with Crippen molar-refractivity contribution >= 4 is 36.0 Å². The Labute approximate surface area is 150 Å². The molecule has 10 nitrogen and oxygen atoms in total. The first-order valence-electron chi connectivity index (χ1n) is 7.29. The summed E-state index contributed by atoms with van der Waals surface area (Å²) in [6.45, 7) is 2.96. The van der Waals surface area contributed by atoms with E-state index in [-0.39, 0.29) is 0 Å². The molecule has 0 aromatic heterocycles. The lowest BCUT2D eigenvalue weighted by atomic mass is 10.4. The summed E-state index contributed by atoms with van der Waals surface area (Å²) in [6.07, 6.45) is 1.12. The fourth-order valence-electron chi connectivity index (χ4n) is 1.15. The number of hydrogen-bond donors (Lipinski definition) is 4. The van der Waals surface area contributed by atoms with Gasteiger partial charge in [-0.25, -0.2) is 14.7 Å². The fourth-order valence-corrected chi connectivity index (χ4v) is 4.92. The Kier molecular flexibility index (Phi) is 15.4. The van der Waals surface area contributed by atoms with Gasteiger partial charge in [0.2, 0.25) is 0 Å². The van der Waals surface area contributed by atoms with Crippen LogP contribution in [0, 0.1) is 0 Å². The van der Waals surface area contributed by atoms with Gasteiger partial charge in [-0.2, -0.15) is 0 Å². The highest BCUT2D eigenvalue weighted by Gasteiger charge is 2.28. The fraction of sp³-hybridized carbons (Fsp3) is 0.615. The molecule has 0 aliphatic rings. The molecule has 0 heterocycles. The van der Waals surface area contributed by atoms with E-state index in [4.69, 9.17) is 25.2 Å². The molecule has 0 rings (SSSR count). The van der Waals surface area contributed by atoms with Crippen LogP contribution in [0.4, 0.5) is 0 Å². The van der Waals surface area contributed by atoms with Gasteiger partial charge in [-0.15, -0.1) is 0 Å². The van der Waals surface area contributed by atoms with Crippen molar-refractivity contribution in [1.82, 2.24) is 5.09 Å². The molecule has 2 atom stereocenters. The van der Waals surface area contributed by atoms with Crippen LogP contribution in [0.25, 0.3) is 0 Å². The van der Waals surface area contributed by atoms with Crippen LogP contribution in [0.3, 0.4) is 0 Å². The lowest BCUT2D eigenvalue weighted by Crippen LogP contribution is -2.33. The van der Waals surface area contributed by atoms with Crippen LogP contribution < -0.4 is 10.8 Å². The average Bonchev–Trinajstić information content (AvgIpc) is 2.52. The van der Waals surface area contributed by atoms with Gasteiger partial charge in [-0.3, -0.25) is 9.36 Å². The maximum absolute atomic E-state index is 12.3. The van der Waals surface area contributed by atoms with E-state index in [1.54, 1.807) is 20.8 Å². The number of nitrogens with two attached hydrogens (primary N) is 1. The Morgan fingerprint density at radius 2 is 1.72 bits per heavy atom. The topological polar surface area (TPSA) is 165 Å². The smallest absolute Gasteiger partial charge is 0.328 e. The molecule has 1 unspecified atom stereocenters. The van der Waals surface area contributed by atoms with Crippen LogP contribution in [0.5, 0.6) is 0 Å². The van der Waals surface area contributed by atoms with E-state index >= 15 is 0 Å². The minimum Gasteiger partial charge on any atom is -0.478 e. The predicted octanol–water partition coefficient (Wildman–Crippen LogP) is 1.08. The molecule has 0 saturated carbocycles. The second-order valence-corrected chi connectivity index (χ2v) is 8.54. The van der Waals surface area contributed by atoms with Gasteiger partial charge >= 0.3 is 24.6 Å². The van der Waals surface area contributed by atoms with Crippen LogP contribution in [0.2, 0.25) is 0 Å². The maximum atomic E-state index is 12.3. The predicted molar refractivity (Wildman–Crippen MR) is 94.4 cm³/mol. The second kappa shape index (κ2) is 14.9. The molecule has 5 N–H and O–H groups in total. The van der Waals surface area contributed by atoms with E-state index in [1.165, 1.54) is 0 Å². The molecule has 12 heteroatoms. The number of hydrogen-bond acceptors (Lipinski definition) is 8. The lowest BCUT2D eigenvalue weighted by molar-refractivity contribution is -0.144. The van der Waals surface area contributed by atoms with E-state index in [0.29, 0.717) is 37.7 Å². The first kappa shape index (κ1) is 25.8.